The monoisotopic (exact) mass is 368 g/mol. The molecule has 1 saturated heterocycles. The fourth-order valence-electron chi connectivity index (χ4n) is 2.95. The lowest BCUT2D eigenvalue weighted by molar-refractivity contribution is -0.120. The Bertz CT molecular complexity index is 860. The number of pyridine rings is 1. The van der Waals surface area contributed by atoms with Crippen LogP contribution >= 0.6 is 0 Å². The van der Waals surface area contributed by atoms with Gasteiger partial charge in [-0.1, -0.05) is 11.8 Å². The summed E-state index contributed by atoms with van der Waals surface area (Å²) in [6, 6.07) is 3.81. The quantitative estimate of drug-likeness (QED) is 0.540. The van der Waals surface area contributed by atoms with E-state index in [4.69, 9.17) is 0 Å². The number of aromatic nitrogens is 2. The molecule has 0 radical (unpaired) electrons. The molecule has 8 heteroatoms. The smallest absolute Gasteiger partial charge is 0.221 e. The van der Waals surface area contributed by atoms with Crippen molar-refractivity contribution in [2.45, 2.75) is 6.42 Å². The van der Waals surface area contributed by atoms with Crippen LogP contribution in [0.15, 0.2) is 24.5 Å². The van der Waals surface area contributed by atoms with Crippen LogP contribution in [0.5, 0.6) is 0 Å². The molecule has 0 spiro atoms. The fraction of sp³-hybridized carbons (Fsp3) is 0.421. The molecule has 3 rings (SSSR count). The first kappa shape index (κ1) is 18.9. The highest BCUT2D eigenvalue weighted by Crippen LogP contribution is 2.17. The van der Waals surface area contributed by atoms with Gasteiger partial charge in [0, 0.05) is 58.0 Å². The highest BCUT2D eigenvalue weighted by atomic mass is 16.2. The minimum absolute atomic E-state index is 0.113. The Balaban J connectivity index is 1.70. The average molecular weight is 368 g/mol. The minimum Gasteiger partial charge on any atom is -0.359 e. The number of amides is 2. The largest absolute Gasteiger partial charge is 0.359 e. The number of hydrogen-bond acceptors (Lipinski definition) is 5. The molecule has 0 saturated carbocycles. The summed E-state index contributed by atoms with van der Waals surface area (Å²) >= 11 is 0. The van der Waals surface area contributed by atoms with E-state index in [9.17, 15) is 9.59 Å². The molecule has 2 N–H and O–H groups in total. The first-order valence-corrected chi connectivity index (χ1v) is 9.03. The van der Waals surface area contributed by atoms with E-state index < -0.39 is 0 Å². The third-order valence-electron chi connectivity index (χ3n) is 4.52. The van der Waals surface area contributed by atoms with Crippen molar-refractivity contribution in [3.63, 3.8) is 0 Å². The number of piperazine rings is 1. The van der Waals surface area contributed by atoms with Crippen LogP contribution in [0.1, 0.15) is 12.0 Å². The molecule has 1 fully saturated rings. The van der Waals surface area contributed by atoms with Gasteiger partial charge in [0.2, 0.25) is 12.3 Å². The summed E-state index contributed by atoms with van der Waals surface area (Å²) in [4.78, 5) is 31.0. The Morgan fingerprint density at radius 3 is 3.00 bits per heavy atom. The van der Waals surface area contributed by atoms with Crippen LogP contribution in [0.2, 0.25) is 0 Å². The number of nitrogens with one attached hydrogen (secondary N) is 2. The molecular formula is C19H24N6O2. The topological polar surface area (TPSA) is 82.0 Å². The predicted molar refractivity (Wildman–Crippen MR) is 103 cm³/mol. The van der Waals surface area contributed by atoms with Gasteiger partial charge in [-0.2, -0.15) is 0 Å². The van der Waals surface area contributed by atoms with E-state index in [1.165, 1.54) is 4.90 Å². The van der Waals surface area contributed by atoms with E-state index in [-0.39, 0.29) is 12.3 Å². The zero-order valence-corrected chi connectivity index (χ0v) is 15.4. The maximum atomic E-state index is 11.4. The van der Waals surface area contributed by atoms with Crippen molar-refractivity contribution in [1.82, 2.24) is 24.9 Å². The highest BCUT2D eigenvalue weighted by Gasteiger charge is 2.13. The predicted octanol–water partition coefficient (Wildman–Crippen LogP) is -0.310. The Morgan fingerprint density at radius 2 is 2.26 bits per heavy atom. The van der Waals surface area contributed by atoms with Gasteiger partial charge in [-0.15, -0.1) is 0 Å². The number of fused-ring (bicyclic) bond motifs is 1. The first-order valence-electron chi connectivity index (χ1n) is 9.03. The normalized spacial score (nSPS) is 14.4. The molecule has 1 aliphatic rings. The second kappa shape index (κ2) is 9.16. The van der Waals surface area contributed by atoms with Gasteiger partial charge in [-0.3, -0.25) is 23.8 Å². The van der Waals surface area contributed by atoms with Gasteiger partial charge in [0.1, 0.15) is 11.5 Å². The van der Waals surface area contributed by atoms with Crippen LogP contribution in [-0.2, 0) is 9.59 Å². The summed E-state index contributed by atoms with van der Waals surface area (Å²) in [5.74, 6) is 6.91. The standard InChI is InChI=1S/C19H24N6O2/c1-20-18(27)5-9-24(15-26)19-14-22-17-13-16(4-10-25(17)19)3-2-8-23-11-6-21-7-12-23/h4,10,13-15,21H,5-9,11-12H2,1H3,(H,20,27). The summed E-state index contributed by atoms with van der Waals surface area (Å²) < 4.78 is 1.82. The maximum Gasteiger partial charge on any atom is 0.221 e. The van der Waals surface area contributed by atoms with Gasteiger partial charge in [0.25, 0.3) is 0 Å². The van der Waals surface area contributed by atoms with Crippen molar-refractivity contribution in [3.8, 4) is 11.8 Å². The SMILES string of the molecule is CNC(=O)CCN(C=O)c1cnc2cc(C#CCN3CCNCC3)ccn12. The molecular weight excluding hydrogens is 344 g/mol. The molecule has 0 unspecified atom stereocenters. The average Bonchev–Trinajstić information content (AvgIpc) is 3.12. The third-order valence-corrected chi connectivity index (χ3v) is 4.52. The molecule has 3 heterocycles. The van der Waals surface area contributed by atoms with Crippen LogP contribution in [0.25, 0.3) is 5.65 Å². The number of carbonyl (C=O) groups is 2. The molecule has 142 valence electrons. The Kier molecular flexibility index (Phi) is 6.41. The number of anilines is 1. The maximum absolute atomic E-state index is 11.4. The van der Waals surface area contributed by atoms with E-state index in [1.807, 2.05) is 22.7 Å². The molecule has 0 aliphatic carbocycles. The molecule has 2 aromatic heterocycles. The molecule has 0 aromatic carbocycles. The number of nitrogens with zero attached hydrogens (tertiary/aromatic N) is 4. The number of imidazole rings is 1. The summed E-state index contributed by atoms with van der Waals surface area (Å²) in [5, 5.41) is 5.88. The van der Waals surface area contributed by atoms with Crippen molar-refractivity contribution in [3.05, 3.63) is 30.1 Å². The van der Waals surface area contributed by atoms with Crippen LogP contribution < -0.4 is 15.5 Å². The van der Waals surface area contributed by atoms with E-state index in [2.05, 4.69) is 32.4 Å². The van der Waals surface area contributed by atoms with Gasteiger partial charge in [-0.25, -0.2) is 4.98 Å². The summed E-state index contributed by atoms with van der Waals surface area (Å²) in [5.41, 5.74) is 1.60. The lowest BCUT2D eigenvalue weighted by Gasteiger charge is -2.24. The molecule has 2 amide bonds. The number of carbonyl (C=O) groups excluding carboxylic acids is 2. The highest BCUT2D eigenvalue weighted by molar-refractivity contribution is 5.79. The van der Waals surface area contributed by atoms with E-state index in [1.54, 1.807) is 13.2 Å². The van der Waals surface area contributed by atoms with Crippen molar-refractivity contribution in [2.24, 2.45) is 0 Å². The first-order chi connectivity index (χ1) is 13.2. The molecule has 2 aromatic rings. The van der Waals surface area contributed by atoms with Crippen molar-refractivity contribution < 1.29 is 9.59 Å². The van der Waals surface area contributed by atoms with Gasteiger partial charge in [-0.05, 0) is 12.1 Å². The van der Waals surface area contributed by atoms with E-state index in [0.29, 0.717) is 24.4 Å². The van der Waals surface area contributed by atoms with Crippen molar-refractivity contribution in [2.75, 3.05) is 51.2 Å². The zero-order valence-electron chi connectivity index (χ0n) is 15.4. The van der Waals surface area contributed by atoms with E-state index in [0.717, 1.165) is 38.3 Å². The van der Waals surface area contributed by atoms with Crippen molar-refractivity contribution in [1.29, 1.82) is 0 Å². The second-order valence-corrected chi connectivity index (χ2v) is 6.31. The summed E-state index contributed by atoms with van der Waals surface area (Å²) in [6.45, 7) is 5.12. The lowest BCUT2D eigenvalue weighted by Crippen LogP contribution is -2.43. The Hall–Kier alpha value is -2.89. The molecule has 1 aliphatic heterocycles. The van der Waals surface area contributed by atoms with Crippen LogP contribution in [0.4, 0.5) is 5.82 Å². The van der Waals surface area contributed by atoms with E-state index >= 15 is 0 Å². The van der Waals surface area contributed by atoms with Gasteiger partial charge in [0.15, 0.2) is 0 Å². The van der Waals surface area contributed by atoms with Gasteiger partial charge < -0.3 is 10.6 Å². The minimum atomic E-state index is -0.113. The van der Waals surface area contributed by atoms with Gasteiger partial charge in [0.05, 0.1) is 12.7 Å². The summed E-state index contributed by atoms with van der Waals surface area (Å²) in [6.07, 6.45) is 4.43. The second-order valence-electron chi connectivity index (χ2n) is 6.31. The summed E-state index contributed by atoms with van der Waals surface area (Å²) in [7, 11) is 1.58. The van der Waals surface area contributed by atoms with Crippen LogP contribution in [-0.4, -0.2) is 72.9 Å². The van der Waals surface area contributed by atoms with Crippen molar-refractivity contribution >= 4 is 23.8 Å². The fourth-order valence-corrected chi connectivity index (χ4v) is 2.95. The number of rotatable bonds is 6. The van der Waals surface area contributed by atoms with Crippen LogP contribution in [0.3, 0.4) is 0 Å². The molecule has 8 nitrogen and oxygen atoms in total. The number of hydrogen-bond donors (Lipinski definition) is 2. The molecule has 27 heavy (non-hydrogen) atoms. The van der Waals surface area contributed by atoms with Crippen LogP contribution in [0, 0.1) is 11.8 Å². The Morgan fingerprint density at radius 1 is 1.44 bits per heavy atom. The Labute approximate surface area is 158 Å². The lowest BCUT2D eigenvalue weighted by atomic mass is 10.2. The van der Waals surface area contributed by atoms with Gasteiger partial charge >= 0.3 is 0 Å². The zero-order chi connectivity index (χ0) is 19.1. The third kappa shape index (κ3) is 4.84. The molecule has 0 bridgehead atoms. The molecule has 0 atom stereocenters.